The first-order valence-corrected chi connectivity index (χ1v) is 11.2. The average Bonchev–Trinajstić information content (AvgIpc) is 3.43. The zero-order valence-corrected chi connectivity index (χ0v) is 16.8. The van der Waals surface area contributed by atoms with Crippen molar-refractivity contribution in [2.75, 3.05) is 6.54 Å². The average molecular weight is 392 g/mol. The number of carbonyl (C=O) groups is 2. The molecule has 6 rings (SSSR count). The van der Waals surface area contributed by atoms with Crippen molar-refractivity contribution in [2.24, 2.45) is 11.8 Å². The first-order chi connectivity index (χ1) is 14.2. The van der Waals surface area contributed by atoms with Gasteiger partial charge in [0.15, 0.2) is 0 Å². The molecule has 4 aliphatic heterocycles. The van der Waals surface area contributed by atoms with Crippen molar-refractivity contribution in [3.05, 3.63) is 47.5 Å². The molecule has 1 spiro atoms. The number of likely N-dealkylation sites (tertiary alicyclic amines) is 1. The van der Waals surface area contributed by atoms with Crippen molar-refractivity contribution in [2.45, 2.75) is 69.4 Å². The Balaban J connectivity index is 1.26. The van der Waals surface area contributed by atoms with Crippen molar-refractivity contribution in [3.63, 3.8) is 0 Å². The summed E-state index contributed by atoms with van der Waals surface area (Å²) >= 11 is 0. The second-order valence-corrected chi connectivity index (χ2v) is 9.47. The molecule has 5 heteroatoms. The fourth-order valence-corrected chi connectivity index (χ4v) is 6.39. The fraction of sp³-hybridized carbons (Fsp3) is 0.583. The second kappa shape index (κ2) is 6.43. The lowest BCUT2D eigenvalue weighted by molar-refractivity contribution is -0.144. The van der Waals surface area contributed by atoms with Crippen LogP contribution in [0.3, 0.4) is 0 Å². The molecular formula is C24H28N2O3. The molecule has 2 saturated heterocycles. The van der Waals surface area contributed by atoms with Gasteiger partial charge in [0.25, 0.3) is 0 Å². The topological polar surface area (TPSA) is 49.9 Å². The summed E-state index contributed by atoms with van der Waals surface area (Å²) in [5, 5.41) is 0. The van der Waals surface area contributed by atoms with E-state index in [4.69, 9.17) is 4.74 Å². The molecule has 1 aliphatic carbocycles. The maximum absolute atomic E-state index is 13.6. The minimum atomic E-state index is -0.582. The molecule has 5 nitrogen and oxygen atoms in total. The van der Waals surface area contributed by atoms with Gasteiger partial charge in [-0.1, -0.05) is 62.1 Å². The predicted octanol–water partition coefficient (Wildman–Crippen LogP) is 3.03. The Kier molecular flexibility index (Phi) is 3.92. The minimum Gasteiger partial charge on any atom is -0.360 e. The van der Waals surface area contributed by atoms with E-state index >= 15 is 0 Å². The molecular weight excluding hydrogens is 364 g/mol. The largest absolute Gasteiger partial charge is 0.360 e. The number of ether oxygens (including phenoxy) is 1. The molecule has 1 aromatic carbocycles. The van der Waals surface area contributed by atoms with Crippen LogP contribution in [0.2, 0.25) is 0 Å². The molecule has 3 fully saturated rings. The van der Waals surface area contributed by atoms with Crippen molar-refractivity contribution in [3.8, 4) is 0 Å². The number of nitrogens with zero attached hydrogens (tertiary/aromatic N) is 2. The van der Waals surface area contributed by atoms with E-state index in [2.05, 4.69) is 23.1 Å². The van der Waals surface area contributed by atoms with Crippen LogP contribution in [0.15, 0.2) is 36.4 Å². The third-order valence-electron chi connectivity index (χ3n) is 7.83. The summed E-state index contributed by atoms with van der Waals surface area (Å²) in [5.41, 5.74) is 1.85. The van der Waals surface area contributed by atoms with E-state index in [0.717, 1.165) is 12.8 Å². The van der Waals surface area contributed by atoms with Crippen molar-refractivity contribution < 1.29 is 14.3 Å². The molecule has 4 atom stereocenters. The van der Waals surface area contributed by atoms with E-state index in [9.17, 15) is 9.59 Å². The normalized spacial score (nSPS) is 35.9. The molecule has 2 bridgehead atoms. The number of carbonyl (C=O) groups excluding carboxylic acids is 2. The smallest absolute Gasteiger partial charge is 0.230 e. The monoisotopic (exact) mass is 392 g/mol. The molecule has 0 radical (unpaired) electrons. The number of amides is 2. The first kappa shape index (κ1) is 17.7. The zero-order chi connectivity index (χ0) is 19.6. The van der Waals surface area contributed by atoms with E-state index in [1.54, 1.807) is 0 Å². The summed E-state index contributed by atoms with van der Waals surface area (Å²) < 4.78 is 6.36. The van der Waals surface area contributed by atoms with Gasteiger partial charge in [0.05, 0.1) is 24.5 Å². The standard InChI is InChI=1S/C24H28N2O3/c27-22(25-13-16-7-5-6-8-17(16)14-25)20-19-11-12-24(29-19)15-26(23(28)21(20)24)18-9-3-1-2-4-10-18/h5-8,11-12,18-21H,1-4,9-10,13-15H2/t19-,20-,21+,24-/m0/s1. The summed E-state index contributed by atoms with van der Waals surface area (Å²) in [6.07, 6.45) is 11.0. The highest BCUT2D eigenvalue weighted by Gasteiger charge is 2.67. The fourth-order valence-electron chi connectivity index (χ4n) is 6.39. The Bertz CT molecular complexity index is 863. The van der Waals surface area contributed by atoms with Gasteiger partial charge in [0.1, 0.15) is 5.60 Å². The number of hydrogen-bond acceptors (Lipinski definition) is 3. The van der Waals surface area contributed by atoms with Gasteiger partial charge in [-0.25, -0.2) is 0 Å². The molecule has 5 aliphatic rings. The van der Waals surface area contributed by atoms with Gasteiger partial charge in [-0.2, -0.15) is 0 Å². The maximum atomic E-state index is 13.6. The molecule has 2 amide bonds. The van der Waals surface area contributed by atoms with Crippen LogP contribution in [0.5, 0.6) is 0 Å². The molecule has 1 aromatic rings. The number of hydrogen-bond donors (Lipinski definition) is 0. The van der Waals surface area contributed by atoms with E-state index in [1.165, 1.54) is 36.8 Å². The van der Waals surface area contributed by atoms with Crippen LogP contribution < -0.4 is 0 Å². The lowest BCUT2D eigenvalue weighted by Crippen LogP contribution is -2.45. The molecule has 152 valence electrons. The zero-order valence-electron chi connectivity index (χ0n) is 16.8. The van der Waals surface area contributed by atoms with Crippen LogP contribution in [0.25, 0.3) is 0 Å². The number of benzene rings is 1. The van der Waals surface area contributed by atoms with Gasteiger partial charge in [-0.05, 0) is 24.0 Å². The van der Waals surface area contributed by atoms with Crippen LogP contribution in [0.1, 0.15) is 49.7 Å². The highest BCUT2D eigenvalue weighted by Crippen LogP contribution is 2.53. The van der Waals surface area contributed by atoms with E-state index in [1.807, 2.05) is 23.1 Å². The molecule has 29 heavy (non-hydrogen) atoms. The van der Waals surface area contributed by atoms with E-state index < -0.39 is 5.60 Å². The van der Waals surface area contributed by atoms with Gasteiger partial charge in [0.2, 0.25) is 11.8 Å². The van der Waals surface area contributed by atoms with E-state index in [-0.39, 0.29) is 29.8 Å². The molecule has 0 aromatic heterocycles. The molecule has 4 heterocycles. The third kappa shape index (κ3) is 2.56. The van der Waals surface area contributed by atoms with Crippen molar-refractivity contribution in [1.82, 2.24) is 9.80 Å². The van der Waals surface area contributed by atoms with Crippen molar-refractivity contribution >= 4 is 11.8 Å². The highest BCUT2D eigenvalue weighted by atomic mass is 16.5. The first-order valence-electron chi connectivity index (χ1n) is 11.2. The van der Waals surface area contributed by atoms with E-state index in [0.29, 0.717) is 25.7 Å². The predicted molar refractivity (Wildman–Crippen MR) is 108 cm³/mol. The summed E-state index contributed by atoms with van der Waals surface area (Å²) in [4.78, 5) is 31.1. The summed E-state index contributed by atoms with van der Waals surface area (Å²) in [5.74, 6) is -0.494. The van der Waals surface area contributed by atoms with Crippen LogP contribution >= 0.6 is 0 Å². The van der Waals surface area contributed by atoms with Gasteiger partial charge in [-0.3, -0.25) is 9.59 Å². The lowest BCUT2D eigenvalue weighted by Gasteiger charge is -2.30. The van der Waals surface area contributed by atoms with Crippen LogP contribution in [-0.4, -0.2) is 45.9 Å². The quantitative estimate of drug-likeness (QED) is 0.574. The summed E-state index contributed by atoms with van der Waals surface area (Å²) in [6, 6.07) is 8.55. The molecule has 1 saturated carbocycles. The second-order valence-electron chi connectivity index (χ2n) is 9.47. The van der Waals surface area contributed by atoms with Gasteiger partial charge in [-0.15, -0.1) is 0 Å². The Hall–Kier alpha value is -2.14. The summed E-state index contributed by atoms with van der Waals surface area (Å²) in [6.45, 7) is 1.91. The van der Waals surface area contributed by atoms with Gasteiger partial charge >= 0.3 is 0 Å². The van der Waals surface area contributed by atoms with Gasteiger partial charge < -0.3 is 14.5 Å². The Labute approximate surface area is 171 Å². The SMILES string of the molecule is O=C([C@H]1[C@@H]2C=C[C@@]3(CN(C4CCCCCC4)C(=O)[C@@H]13)O2)N1Cc2ccccc2C1. The Morgan fingerprint density at radius 2 is 1.72 bits per heavy atom. The summed E-state index contributed by atoms with van der Waals surface area (Å²) in [7, 11) is 0. The Morgan fingerprint density at radius 3 is 2.41 bits per heavy atom. The lowest BCUT2D eigenvalue weighted by atomic mass is 9.76. The molecule has 0 unspecified atom stereocenters. The third-order valence-corrected chi connectivity index (χ3v) is 7.83. The van der Waals surface area contributed by atoms with Gasteiger partial charge in [0, 0.05) is 19.1 Å². The van der Waals surface area contributed by atoms with Crippen molar-refractivity contribution in [1.29, 1.82) is 0 Å². The molecule has 0 N–H and O–H groups in total. The highest BCUT2D eigenvalue weighted by molar-refractivity contribution is 5.93. The number of fused-ring (bicyclic) bond motifs is 2. The van der Waals surface area contributed by atoms with Crippen LogP contribution in [0, 0.1) is 11.8 Å². The van der Waals surface area contributed by atoms with Crippen LogP contribution in [0.4, 0.5) is 0 Å². The minimum absolute atomic E-state index is 0.0819. The maximum Gasteiger partial charge on any atom is 0.230 e. The number of rotatable bonds is 2. The Morgan fingerprint density at radius 1 is 1.03 bits per heavy atom. The van der Waals surface area contributed by atoms with Crippen LogP contribution in [-0.2, 0) is 27.4 Å².